The molecule has 3 aliphatic heterocycles. The molecule has 0 aromatic heterocycles. The van der Waals surface area contributed by atoms with Gasteiger partial charge in [0.25, 0.3) is 0 Å². The van der Waals surface area contributed by atoms with Crippen molar-refractivity contribution in [3.8, 4) is 0 Å². The third kappa shape index (κ3) is 3.99. The van der Waals surface area contributed by atoms with Crippen molar-refractivity contribution in [2.75, 3.05) is 11.9 Å². The number of likely N-dealkylation sites (tertiary alicyclic amines) is 1. The highest BCUT2D eigenvalue weighted by molar-refractivity contribution is 6.02. The van der Waals surface area contributed by atoms with E-state index in [0.717, 1.165) is 25.7 Å². The van der Waals surface area contributed by atoms with Gasteiger partial charge < -0.3 is 20.3 Å². The zero-order valence-corrected chi connectivity index (χ0v) is 20.5. The van der Waals surface area contributed by atoms with Crippen LogP contribution < -0.4 is 10.6 Å². The van der Waals surface area contributed by atoms with E-state index in [4.69, 9.17) is 4.74 Å². The molecule has 1 aliphatic carbocycles. The van der Waals surface area contributed by atoms with Gasteiger partial charge in [-0.15, -0.1) is 6.58 Å². The van der Waals surface area contributed by atoms with E-state index in [-0.39, 0.29) is 30.3 Å². The maximum atomic E-state index is 13.7. The number of hydrogen-bond acceptors (Lipinski definition) is 4. The first-order valence-electron chi connectivity index (χ1n) is 12.9. The SMILES string of the molecule is C=CCN1C(=O)[C@@H]2[C@@H](C(=O)Nc3ccc(C(C)C)cc3)[C@@H]3C=C[C@@]2(O3)[C@H]1C(=O)NC1CCCCC1. The second-order valence-electron chi connectivity index (χ2n) is 10.6. The average molecular weight is 478 g/mol. The predicted molar refractivity (Wildman–Crippen MR) is 134 cm³/mol. The zero-order valence-electron chi connectivity index (χ0n) is 20.5. The minimum absolute atomic E-state index is 0.114. The smallest absolute Gasteiger partial charge is 0.246 e. The molecule has 0 radical (unpaired) electrons. The molecule has 7 nitrogen and oxygen atoms in total. The monoisotopic (exact) mass is 477 g/mol. The molecule has 5 rings (SSSR count). The van der Waals surface area contributed by atoms with Crippen LogP contribution in [0, 0.1) is 11.8 Å². The van der Waals surface area contributed by atoms with E-state index in [2.05, 4.69) is 31.1 Å². The molecule has 2 saturated heterocycles. The minimum atomic E-state index is -1.13. The Morgan fingerprint density at radius 3 is 2.54 bits per heavy atom. The molecular weight excluding hydrogens is 442 g/mol. The lowest BCUT2D eigenvalue weighted by atomic mass is 9.74. The first kappa shape index (κ1) is 23.8. The minimum Gasteiger partial charge on any atom is -0.359 e. The number of ether oxygens (including phenoxy) is 1. The van der Waals surface area contributed by atoms with Crippen molar-refractivity contribution in [2.24, 2.45) is 11.8 Å². The molecule has 2 N–H and O–H groups in total. The van der Waals surface area contributed by atoms with E-state index in [0.29, 0.717) is 11.6 Å². The Hall–Kier alpha value is -2.93. The lowest BCUT2D eigenvalue weighted by Crippen LogP contribution is -2.56. The number of carbonyl (C=O) groups is 3. The van der Waals surface area contributed by atoms with Crippen molar-refractivity contribution in [3.63, 3.8) is 0 Å². The molecule has 4 aliphatic rings. The third-order valence-electron chi connectivity index (χ3n) is 8.05. The van der Waals surface area contributed by atoms with E-state index < -0.39 is 29.6 Å². The Bertz CT molecular complexity index is 1040. The Morgan fingerprint density at radius 1 is 1.17 bits per heavy atom. The van der Waals surface area contributed by atoms with Crippen LogP contribution in [0.5, 0.6) is 0 Å². The van der Waals surface area contributed by atoms with Crippen LogP contribution in [0.2, 0.25) is 0 Å². The number of carbonyl (C=O) groups excluding carboxylic acids is 3. The van der Waals surface area contributed by atoms with Gasteiger partial charge in [-0.25, -0.2) is 0 Å². The molecule has 1 aromatic carbocycles. The molecule has 0 unspecified atom stereocenters. The third-order valence-corrected chi connectivity index (χ3v) is 8.05. The lowest BCUT2D eigenvalue weighted by molar-refractivity contribution is -0.140. The van der Waals surface area contributed by atoms with Gasteiger partial charge in [0.05, 0.1) is 17.9 Å². The summed E-state index contributed by atoms with van der Waals surface area (Å²) in [5.74, 6) is -1.73. The van der Waals surface area contributed by atoms with Crippen LogP contribution in [0.3, 0.4) is 0 Å². The largest absolute Gasteiger partial charge is 0.359 e. The van der Waals surface area contributed by atoms with Gasteiger partial charge in [0, 0.05) is 18.3 Å². The summed E-state index contributed by atoms with van der Waals surface area (Å²) in [6.07, 6.45) is 10.0. The molecule has 3 heterocycles. The van der Waals surface area contributed by atoms with Crippen molar-refractivity contribution in [2.45, 2.75) is 75.7 Å². The van der Waals surface area contributed by atoms with Gasteiger partial charge >= 0.3 is 0 Å². The number of benzene rings is 1. The zero-order chi connectivity index (χ0) is 24.7. The van der Waals surface area contributed by atoms with Gasteiger partial charge in [-0.1, -0.05) is 63.5 Å². The Kier molecular flexibility index (Phi) is 6.30. The first-order valence-corrected chi connectivity index (χ1v) is 12.9. The van der Waals surface area contributed by atoms with E-state index in [1.54, 1.807) is 11.0 Å². The number of fused-ring (bicyclic) bond motifs is 1. The summed E-state index contributed by atoms with van der Waals surface area (Å²) < 4.78 is 6.35. The van der Waals surface area contributed by atoms with Crippen molar-refractivity contribution in [3.05, 3.63) is 54.6 Å². The number of nitrogens with one attached hydrogen (secondary N) is 2. The quantitative estimate of drug-likeness (QED) is 0.588. The first-order chi connectivity index (χ1) is 16.9. The summed E-state index contributed by atoms with van der Waals surface area (Å²) >= 11 is 0. The molecule has 186 valence electrons. The van der Waals surface area contributed by atoms with Crippen LogP contribution in [0.4, 0.5) is 5.69 Å². The number of amides is 3. The highest BCUT2D eigenvalue weighted by atomic mass is 16.5. The molecule has 5 atom stereocenters. The van der Waals surface area contributed by atoms with Crippen molar-refractivity contribution >= 4 is 23.4 Å². The van der Waals surface area contributed by atoms with Crippen LogP contribution in [0.15, 0.2) is 49.1 Å². The van der Waals surface area contributed by atoms with Crippen molar-refractivity contribution in [1.29, 1.82) is 0 Å². The summed E-state index contributed by atoms with van der Waals surface area (Å²) in [5, 5.41) is 6.15. The maximum absolute atomic E-state index is 13.7. The summed E-state index contributed by atoms with van der Waals surface area (Å²) in [6.45, 7) is 8.25. The van der Waals surface area contributed by atoms with Gasteiger partial charge in [-0.3, -0.25) is 14.4 Å². The number of hydrogen-bond donors (Lipinski definition) is 2. The molecule has 1 saturated carbocycles. The molecule has 3 fully saturated rings. The van der Waals surface area contributed by atoms with E-state index >= 15 is 0 Å². The fourth-order valence-corrected chi connectivity index (χ4v) is 6.31. The lowest BCUT2D eigenvalue weighted by Gasteiger charge is -2.33. The predicted octanol–water partition coefficient (Wildman–Crippen LogP) is 3.53. The molecule has 1 spiro atoms. The van der Waals surface area contributed by atoms with Gasteiger partial charge in [0.1, 0.15) is 11.6 Å². The molecule has 3 amide bonds. The summed E-state index contributed by atoms with van der Waals surface area (Å²) in [7, 11) is 0. The molecule has 7 heteroatoms. The van der Waals surface area contributed by atoms with Crippen LogP contribution in [-0.2, 0) is 19.1 Å². The summed E-state index contributed by atoms with van der Waals surface area (Å²) in [4.78, 5) is 42.2. The number of rotatable bonds is 7. The average Bonchev–Trinajstić information content (AvgIpc) is 3.48. The van der Waals surface area contributed by atoms with E-state index in [1.807, 2.05) is 36.4 Å². The standard InChI is InChI=1S/C28H35N3O4/c1-4-16-31-24(26(33)30-19-8-6-5-7-9-19)28-15-14-21(35-28)22(23(28)27(31)34)25(32)29-20-12-10-18(11-13-20)17(2)3/h4,10-15,17,19,21-24H,1,5-9,16H2,2-3H3,(H,29,32)(H,30,33)/t21-,22-,23-,24+,28-/m0/s1. The molecule has 2 bridgehead atoms. The van der Waals surface area contributed by atoms with E-state index in [9.17, 15) is 14.4 Å². The van der Waals surface area contributed by atoms with Gasteiger partial charge in [0.2, 0.25) is 17.7 Å². The molecule has 35 heavy (non-hydrogen) atoms. The molecular formula is C28H35N3O4. The summed E-state index contributed by atoms with van der Waals surface area (Å²) in [6, 6.07) is 7.06. The van der Waals surface area contributed by atoms with Crippen LogP contribution in [0.25, 0.3) is 0 Å². The highest BCUT2D eigenvalue weighted by Gasteiger charge is 2.72. The summed E-state index contributed by atoms with van der Waals surface area (Å²) in [5.41, 5.74) is 0.735. The number of nitrogens with zero attached hydrogens (tertiary/aromatic N) is 1. The van der Waals surface area contributed by atoms with Gasteiger partial charge in [-0.05, 0) is 36.5 Å². The maximum Gasteiger partial charge on any atom is 0.246 e. The Morgan fingerprint density at radius 2 is 1.89 bits per heavy atom. The van der Waals surface area contributed by atoms with Crippen LogP contribution in [0.1, 0.15) is 57.4 Å². The van der Waals surface area contributed by atoms with Crippen LogP contribution >= 0.6 is 0 Å². The normalized spacial score (nSPS) is 31.6. The fraction of sp³-hybridized carbons (Fsp3) is 0.536. The Labute approximate surface area is 207 Å². The van der Waals surface area contributed by atoms with Crippen molar-refractivity contribution in [1.82, 2.24) is 10.2 Å². The van der Waals surface area contributed by atoms with E-state index in [1.165, 1.54) is 12.0 Å². The van der Waals surface area contributed by atoms with Crippen LogP contribution in [-0.4, -0.2) is 53.0 Å². The Balaban J connectivity index is 1.39. The highest BCUT2D eigenvalue weighted by Crippen LogP contribution is 2.55. The number of anilines is 1. The molecule has 1 aromatic rings. The fourth-order valence-electron chi connectivity index (χ4n) is 6.31. The second-order valence-corrected chi connectivity index (χ2v) is 10.6. The van der Waals surface area contributed by atoms with Crippen molar-refractivity contribution < 1.29 is 19.1 Å². The van der Waals surface area contributed by atoms with Gasteiger partial charge in [-0.2, -0.15) is 0 Å². The topological polar surface area (TPSA) is 87.7 Å². The second kappa shape index (κ2) is 9.26. The van der Waals surface area contributed by atoms with Gasteiger partial charge in [0.15, 0.2) is 0 Å².